The van der Waals surface area contributed by atoms with E-state index in [2.05, 4.69) is 0 Å². The van der Waals surface area contributed by atoms with Crippen LogP contribution >= 0.6 is 0 Å². The van der Waals surface area contributed by atoms with E-state index >= 15 is 0 Å². The van der Waals surface area contributed by atoms with Crippen molar-refractivity contribution < 1.29 is 14.8 Å². The minimum absolute atomic E-state index is 0.0758. The molecule has 0 unspecified atom stereocenters. The fourth-order valence-corrected chi connectivity index (χ4v) is 1.86. The van der Waals surface area contributed by atoms with E-state index in [0.717, 1.165) is 12.0 Å². The van der Waals surface area contributed by atoms with Gasteiger partial charge in [-0.25, -0.2) is 0 Å². The number of amides is 1. The maximum absolute atomic E-state index is 12.3. The Kier molecular flexibility index (Phi) is 5.44. The molecule has 0 bridgehead atoms. The smallest absolute Gasteiger partial charge is 0.282 e. The van der Waals surface area contributed by atoms with Crippen molar-refractivity contribution in [1.82, 2.24) is 4.90 Å². The summed E-state index contributed by atoms with van der Waals surface area (Å²) in [5.74, 6) is -0.411. The minimum atomic E-state index is -0.560. The lowest BCUT2D eigenvalue weighted by atomic mass is 10.1. The zero-order valence-electron chi connectivity index (χ0n) is 11.1. The topological polar surface area (TPSA) is 83.7 Å². The normalized spacial score (nSPS) is 10.3. The Bertz CT molecular complexity index is 468. The molecule has 1 amide bonds. The van der Waals surface area contributed by atoms with Gasteiger partial charge in [-0.2, -0.15) is 0 Å². The summed E-state index contributed by atoms with van der Waals surface area (Å²) < 4.78 is 0. The van der Waals surface area contributed by atoms with Crippen molar-refractivity contribution in [3.63, 3.8) is 0 Å². The fraction of sp³-hybridized carbons (Fsp3) is 0.462. The molecule has 1 rings (SSSR count). The number of hydrogen-bond donors (Lipinski definition) is 1. The van der Waals surface area contributed by atoms with Gasteiger partial charge in [0.2, 0.25) is 0 Å². The molecule has 0 heterocycles. The number of aryl methyl sites for hydroxylation is 1. The molecule has 0 aliphatic rings. The summed E-state index contributed by atoms with van der Waals surface area (Å²) in [5, 5.41) is 19.9. The number of rotatable bonds is 6. The molecule has 0 radical (unpaired) electrons. The van der Waals surface area contributed by atoms with Crippen LogP contribution in [-0.4, -0.2) is 40.5 Å². The molecule has 0 saturated carbocycles. The average Bonchev–Trinajstić information content (AvgIpc) is 2.37. The van der Waals surface area contributed by atoms with Gasteiger partial charge in [0.05, 0.1) is 11.5 Å². The summed E-state index contributed by atoms with van der Waals surface area (Å²) in [7, 11) is 0. The highest BCUT2D eigenvalue weighted by Crippen LogP contribution is 2.21. The number of carbonyl (C=O) groups excluding carboxylic acids is 1. The summed E-state index contributed by atoms with van der Waals surface area (Å²) in [6.45, 7) is 4.16. The highest BCUT2D eigenvalue weighted by atomic mass is 16.6. The third-order valence-corrected chi connectivity index (χ3v) is 2.73. The molecule has 104 valence electrons. The van der Waals surface area contributed by atoms with Gasteiger partial charge in [0.25, 0.3) is 11.6 Å². The summed E-state index contributed by atoms with van der Waals surface area (Å²) in [4.78, 5) is 24.1. The molecule has 6 nitrogen and oxygen atoms in total. The van der Waals surface area contributed by atoms with Crippen LogP contribution < -0.4 is 0 Å². The van der Waals surface area contributed by atoms with E-state index in [4.69, 9.17) is 5.11 Å². The second-order valence-electron chi connectivity index (χ2n) is 4.29. The first-order valence-electron chi connectivity index (χ1n) is 6.16. The number of nitro groups is 1. The number of nitro benzene ring substituents is 1. The summed E-state index contributed by atoms with van der Waals surface area (Å²) in [6, 6.07) is 4.46. The van der Waals surface area contributed by atoms with Crippen molar-refractivity contribution in [3.05, 3.63) is 39.4 Å². The van der Waals surface area contributed by atoms with Gasteiger partial charge in [-0.05, 0) is 25.0 Å². The number of hydrogen-bond acceptors (Lipinski definition) is 4. The van der Waals surface area contributed by atoms with Crippen LogP contribution in [0.5, 0.6) is 0 Å². The van der Waals surface area contributed by atoms with Crippen LogP contribution in [0.4, 0.5) is 5.69 Å². The van der Waals surface area contributed by atoms with Gasteiger partial charge in [0.1, 0.15) is 5.56 Å². The quantitative estimate of drug-likeness (QED) is 0.628. The van der Waals surface area contributed by atoms with E-state index in [1.54, 1.807) is 13.0 Å². The van der Waals surface area contributed by atoms with Gasteiger partial charge in [0, 0.05) is 19.2 Å². The Morgan fingerprint density at radius 3 is 2.63 bits per heavy atom. The molecule has 0 aliphatic heterocycles. The largest absolute Gasteiger partial charge is 0.395 e. The molecule has 0 aliphatic carbocycles. The van der Waals surface area contributed by atoms with Crippen LogP contribution in [0.25, 0.3) is 0 Å². The fourth-order valence-electron chi connectivity index (χ4n) is 1.86. The van der Waals surface area contributed by atoms with Crippen molar-refractivity contribution in [1.29, 1.82) is 0 Å². The van der Waals surface area contributed by atoms with Gasteiger partial charge in [-0.3, -0.25) is 14.9 Å². The van der Waals surface area contributed by atoms with E-state index in [1.807, 2.05) is 6.92 Å². The molecular weight excluding hydrogens is 248 g/mol. The van der Waals surface area contributed by atoms with E-state index in [9.17, 15) is 14.9 Å². The van der Waals surface area contributed by atoms with Crippen molar-refractivity contribution in [2.45, 2.75) is 20.3 Å². The zero-order chi connectivity index (χ0) is 14.4. The molecule has 6 heteroatoms. The summed E-state index contributed by atoms with van der Waals surface area (Å²) in [6.07, 6.45) is 0.728. The SMILES string of the molecule is CCCN(CCO)C(=O)c1cc(C)ccc1[N+](=O)[O-]. The van der Waals surface area contributed by atoms with Gasteiger partial charge >= 0.3 is 0 Å². The molecule has 1 aromatic rings. The first-order chi connectivity index (χ1) is 9.01. The van der Waals surface area contributed by atoms with Crippen molar-refractivity contribution in [2.75, 3.05) is 19.7 Å². The Hall–Kier alpha value is -1.95. The lowest BCUT2D eigenvalue weighted by Crippen LogP contribution is -2.34. The molecule has 0 atom stereocenters. The Labute approximate surface area is 111 Å². The number of nitrogens with zero attached hydrogens (tertiary/aromatic N) is 2. The lowest BCUT2D eigenvalue weighted by Gasteiger charge is -2.21. The molecule has 1 N–H and O–H groups in total. The Balaban J connectivity index is 3.15. The van der Waals surface area contributed by atoms with Crippen LogP contribution in [0.15, 0.2) is 18.2 Å². The first kappa shape index (κ1) is 15.1. The third-order valence-electron chi connectivity index (χ3n) is 2.73. The van der Waals surface area contributed by atoms with Crippen LogP contribution in [0, 0.1) is 17.0 Å². The molecule has 0 aromatic heterocycles. The van der Waals surface area contributed by atoms with E-state index in [0.29, 0.717) is 6.54 Å². The van der Waals surface area contributed by atoms with Crippen LogP contribution in [0.1, 0.15) is 29.3 Å². The second-order valence-corrected chi connectivity index (χ2v) is 4.29. The maximum atomic E-state index is 12.3. The summed E-state index contributed by atoms with van der Waals surface area (Å²) >= 11 is 0. The van der Waals surface area contributed by atoms with Crippen LogP contribution in [-0.2, 0) is 0 Å². The highest BCUT2D eigenvalue weighted by molar-refractivity contribution is 5.98. The van der Waals surface area contributed by atoms with Crippen molar-refractivity contribution in [3.8, 4) is 0 Å². The Morgan fingerprint density at radius 1 is 1.42 bits per heavy atom. The molecule has 0 saturated heterocycles. The predicted molar refractivity (Wildman–Crippen MR) is 71.1 cm³/mol. The molecule has 0 fully saturated rings. The van der Waals surface area contributed by atoms with Gasteiger partial charge in [-0.15, -0.1) is 0 Å². The van der Waals surface area contributed by atoms with E-state index in [1.165, 1.54) is 17.0 Å². The average molecular weight is 266 g/mol. The third kappa shape index (κ3) is 3.75. The maximum Gasteiger partial charge on any atom is 0.282 e. The van der Waals surface area contributed by atoms with Crippen molar-refractivity contribution in [2.24, 2.45) is 0 Å². The standard InChI is InChI=1S/C13H18N2O4/c1-3-6-14(7-8-16)13(17)11-9-10(2)4-5-12(11)15(18)19/h4-5,9,16H,3,6-8H2,1-2H3. The molecular formula is C13H18N2O4. The first-order valence-corrected chi connectivity index (χ1v) is 6.16. The number of benzene rings is 1. The molecule has 19 heavy (non-hydrogen) atoms. The molecule has 0 spiro atoms. The highest BCUT2D eigenvalue weighted by Gasteiger charge is 2.24. The minimum Gasteiger partial charge on any atom is -0.395 e. The zero-order valence-corrected chi connectivity index (χ0v) is 11.1. The van der Waals surface area contributed by atoms with Crippen LogP contribution in [0.2, 0.25) is 0 Å². The van der Waals surface area contributed by atoms with E-state index in [-0.39, 0.29) is 24.4 Å². The Morgan fingerprint density at radius 2 is 2.11 bits per heavy atom. The second kappa shape index (κ2) is 6.84. The predicted octanol–water partition coefficient (Wildman–Crippen LogP) is 1.75. The number of carbonyl (C=O) groups is 1. The number of aliphatic hydroxyl groups is 1. The lowest BCUT2D eigenvalue weighted by molar-refractivity contribution is -0.385. The van der Waals surface area contributed by atoms with Gasteiger partial charge in [-0.1, -0.05) is 13.0 Å². The van der Waals surface area contributed by atoms with Crippen molar-refractivity contribution >= 4 is 11.6 Å². The monoisotopic (exact) mass is 266 g/mol. The van der Waals surface area contributed by atoms with Gasteiger partial charge in [0.15, 0.2) is 0 Å². The van der Waals surface area contributed by atoms with Crippen LogP contribution in [0.3, 0.4) is 0 Å². The number of aliphatic hydroxyl groups excluding tert-OH is 1. The van der Waals surface area contributed by atoms with Gasteiger partial charge < -0.3 is 10.0 Å². The molecule has 1 aromatic carbocycles. The van der Waals surface area contributed by atoms with E-state index < -0.39 is 10.8 Å². The summed E-state index contributed by atoms with van der Waals surface area (Å²) in [5.41, 5.74) is 0.663.